The fraction of sp³-hybridized carbons (Fsp3) is 0.500. The van der Waals surface area contributed by atoms with Gasteiger partial charge in [0.1, 0.15) is 4.60 Å². The molecule has 0 amide bonds. The van der Waals surface area contributed by atoms with Crippen LogP contribution in [-0.4, -0.2) is 36.0 Å². The maximum absolute atomic E-state index is 7.88. The predicted molar refractivity (Wildman–Crippen MR) is 58.0 cm³/mol. The first-order valence-corrected chi connectivity index (χ1v) is 4.69. The molecule has 1 aliphatic heterocycles. The third kappa shape index (κ3) is 2.77. The molecule has 0 aliphatic carbocycles. The molecule has 0 N–H and O–H groups in total. The van der Waals surface area contributed by atoms with Crippen LogP contribution in [0.15, 0.2) is 22.9 Å². The number of hydrogen-bond acceptors (Lipinski definition) is 3. The first-order chi connectivity index (χ1) is 9.81. The van der Waals surface area contributed by atoms with Crippen molar-refractivity contribution in [2.75, 3.05) is 26.1 Å². The van der Waals surface area contributed by atoms with Gasteiger partial charge >= 0.3 is 0 Å². The third-order valence-corrected chi connectivity index (χ3v) is 2.03. The molecule has 1 aromatic heterocycles. The summed E-state index contributed by atoms with van der Waals surface area (Å²) < 4.78 is 66.8. The average molecular weight is 265 g/mol. The van der Waals surface area contributed by atoms with E-state index in [2.05, 4.69) is 25.7 Å². The van der Waals surface area contributed by atoms with E-state index in [9.17, 15) is 0 Å². The zero-order valence-electron chi connectivity index (χ0n) is 15.1. The Morgan fingerprint density at radius 3 is 3.07 bits per heavy atom. The van der Waals surface area contributed by atoms with Crippen LogP contribution in [0.5, 0.6) is 0 Å². The molecule has 76 valence electrons. The Hall–Kier alpha value is -0.450. The highest BCUT2D eigenvalue weighted by molar-refractivity contribution is 9.10. The number of hydrogen-bond donors (Lipinski definition) is 0. The lowest BCUT2D eigenvalue weighted by molar-refractivity contribution is 0.0342. The fourth-order valence-corrected chi connectivity index (χ4v) is 1.42. The summed E-state index contributed by atoms with van der Waals surface area (Å²) in [6.45, 7) is -12.2. The second-order valence-corrected chi connectivity index (χ2v) is 3.42. The minimum atomic E-state index is -3.02. The monoisotopic (exact) mass is 264 g/mol. The van der Waals surface area contributed by atoms with Gasteiger partial charge in [0.25, 0.3) is 0 Å². The van der Waals surface area contributed by atoms with Crippen LogP contribution in [0.3, 0.4) is 0 Å². The van der Waals surface area contributed by atoms with E-state index in [4.69, 9.17) is 11.0 Å². The van der Waals surface area contributed by atoms with Gasteiger partial charge in [-0.05, 0) is 33.6 Å². The lowest BCUT2D eigenvalue weighted by atomic mass is 10.2. The van der Waals surface area contributed by atoms with Crippen molar-refractivity contribution in [3.63, 3.8) is 0 Å². The lowest BCUT2D eigenvalue weighted by Gasteiger charge is -2.26. The van der Waals surface area contributed by atoms with Gasteiger partial charge in [0.05, 0.1) is 18.6 Å². The van der Waals surface area contributed by atoms with Crippen LogP contribution in [0.2, 0.25) is 0 Å². The zero-order valence-corrected chi connectivity index (χ0v) is 8.71. The Balaban J connectivity index is 2.48. The number of ether oxygens (including phenoxy) is 1. The molecule has 3 nitrogen and oxygen atoms in total. The molecule has 1 aliphatic rings. The molecule has 0 radical (unpaired) electrons. The summed E-state index contributed by atoms with van der Waals surface area (Å²) in [7, 11) is 0. The van der Waals surface area contributed by atoms with Crippen LogP contribution in [0.4, 0.5) is 0 Å². The molecule has 4 heteroatoms. The molecule has 0 unspecified atom stereocenters. The van der Waals surface area contributed by atoms with E-state index < -0.39 is 26.1 Å². The molecule has 1 fully saturated rings. The fourth-order valence-electron chi connectivity index (χ4n) is 1.01. The molecular formula is C10H13BrN2O. The second-order valence-electron chi connectivity index (χ2n) is 2.60. The van der Waals surface area contributed by atoms with Gasteiger partial charge in [-0.1, -0.05) is 0 Å². The zero-order chi connectivity index (χ0) is 17.0. The normalized spacial score (nSPS) is 41.2. The average Bonchev–Trinajstić information content (AvgIpc) is 2.32. The summed E-state index contributed by atoms with van der Waals surface area (Å²) in [4.78, 5) is 4.39. The van der Waals surface area contributed by atoms with Gasteiger partial charge in [0.2, 0.25) is 0 Å². The molecule has 14 heavy (non-hydrogen) atoms. The van der Waals surface area contributed by atoms with Gasteiger partial charge in [0, 0.05) is 31.2 Å². The Labute approximate surface area is 103 Å². The van der Waals surface area contributed by atoms with Crippen LogP contribution in [0, 0.1) is 0 Å². The molecule has 1 saturated heterocycles. The van der Waals surface area contributed by atoms with Crippen molar-refractivity contribution in [1.29, 1.82) is 0 Å². The van der Waals surface area contributed by atoms with E-state index in [1.54, 1.807) is 0 Å². The van der Waals surface area contributed by atoms with Gasteiger partial charge in [-0.2, -0.15) is 0 Å². The van der Waals surface area contributed by atoms with Crippen LogP contribution < -0.4 is 0 Å². The van der Waals surface area contributed by atoms with Crippen molar-refractivity contribution in [2.45, 2.75) is 6.54 Å². The maximum atomic E-state index is 7.88. The van der Waals surface area contributed by atoms with Crippen LogP contribution in [0.25, 0.3) is 0 Å². The number of morpholine rings is 1. The van der Waals surface area contributed by atoms with E-state index >= 15 is 0 Å². The maximum Gasteiger partial charge on any atom is 0.106 e. The summed E-state index contributed by atoms with van der Waals surface area (Å²) in [6, 6.07) is 3.03. The van der Waals surface area contributed by atoms with E-state index in [0.717, 1.165) is 0 Å². The minimum Gasteiger partial charge on any atom is -0.379 e. The van der Waals surface area contributed by atoms with Gasteiger partial charge in [-0.25, -0.2) is 4.98 Å². The van der Waals surface area contributed by atoms with Crippen molar-refractivity contribution in [1.82, 2.24) is 9.88 Å². The Bertz CT molecular complexity index is 556. The highest BCUT2D eigenvalue weighted by Crippen LogP contribution is 2.11. The van der Waals surface area contributed by atoms with Crippen LogP contribution in [0.1, 0.15) is 16.5 Å². The van der Waals surface area contributed by atoms with Crippen molar-refractivity contribution >= 4 is 15.9 Å². The van der Waals surface area contributed by atoms with Gasteiger partial charge in [0.15, 0.2) is 0 Å². The van der Waals surface area contributed by atoms with Gasteiger partial charge in [-0.3, -0.25) is 4.90 Å². The quantitative estimate of drug-likeness (QED) is 0.761. The standard InChI is InChI=1S/C10H13BrN2O/c11-10-7-9(1-2-12-10)8-13-3-5-14-6-4-13/h1-2,7H,3-6,8H2/i3D2,4D2,5D2,6D2. The molecule has 0 spiro atoms. The van der Waals surface area contributed by atoms with E-state index in [0.29, 0.717) is 15.1 Å². The molecule has 0 bridgehead atoms. The minimum absolute atomic E-state index is 0.358. The molecule has 2 rings (SSSR count). The first-order valence-electron chi connectivity index (χ1n) is 7.90. The van der Waals surface area contributed by atoms with Gasteiger partial charge < -0.3 is 4.74 Å². The smallest absolute Gasteiger partial charge is 0.106 e. The SMILES string of the molecule is [2H]C1([2H])OC([2H])([2H])C([2H])([2H])N(Cc2ccnc(Br)c2)C1([2H])[2H]. The lowest BCUT2D eigenvalue weighted by Crippen LogP contribution is -2.35. The molecule has 2 heterocycles. The topological polar surface area (TPSA) is 25.4 Å². The largest absolute Gasteiger partial charge is 0.379 e. The highest BCUT2D eigenvalue weighted by atomic mass is 79.9. The highest BCUT2D eigenvalue weighted by Gasteiger charge is 2.10. The van der Waals surface area contributed by atoms with Gasteiger partial charge in [-0.15, -0.1) is 0 Å². The number of rotatable bonds is 2. The second kappa shape index (κ2) is 4.87. The number of nitrogens with zero attached hydrogens (tertiary/aromatic N) is 2. The van der Waals surface area contributed by atoms with Crippen LogP contribution >= 0.6 is 15.9 Å². The number of aromatic nitrogens is 1. The van der Waals surface area contributed by atoms with Crippen LogP contribution in [-0.2, 0) is 11.3 Å². The third-order valence-electron chi connectivity index (χ3n) is 1.59. The van der Waals surface area contributed by atoms with Crippen molar-refractivity contribution < 1.29 is 15.7 Å². The summed E-state index contributed by atoms with van der Waals surface area (Å²) in [6.07, 6.45) is 1.42. The number of halogens is 1. The molecule has 1 aromatic rings. The van der Waals surface area contributed by atoms with Crippen molar-refractivity contribution in [3.05, 3.63) is 28.5 Å². The molecule has 0 saturated carbocycles. The Kier molecular flexibility index (Phi) is 1.46. The predicted octanol–water partition coefficient (Wildman–Crippen LogP) is 1.68. The number of pyridine rings is 1. The summed E-state index contributed by atoms with van der Waals surface area (Å²) >= 11 is 3.14. The van der Waals surface area contributed by atoms with Crippen molar-refractivity contribution in [3.8, 4) is 0 Å². The molecule has 0 aromatic carbocycles. The molecule has 0 atom stereocenters. The van der Waals surface area contributed by atoms with Crippen molar-refractivity contribution in [2.24, 2.45) is 0 Å². The van der Waals surface area contributed by atoms with E-state index in [1.165, 1.54) is 18.3 Å². The first kappa shape index (κ1) is 4.20. The summed E-state index contributed by atoms with van der Waals surface area (Å²) in [5, 5.41) is 0. The summed E-state index contributed by atoms with van der Waals surface area (Å²) in [5.41, 5.74) is 0.447. The molecular weight excluding hydrogens is 244 g/mol. The Morgan fingerprint density at radius 1 is 1.57 bits per heavy atom. The van der Waals surface area contributed by atoms with E-state index in [-0.39, 0.29) is 6.54 Å². The Morgan fingerprint density at radius 2 is 2.36 bits per heavy atom. The summed E-state index contributed by atoms with van der Waals surface area (Å²) in [5.74, 6) is 0. The van der Waals surface area contributed by atoms with E-state index in [1.807, 2.05) is 0 Å².